The Bertz CT molecular complexity index is 207. The second-order valence-corrected chi connectivity index (χ2v) is 1.54. The molecule has 1 rings (SSSR count). The summed E-state index contributed by atoms with van der Waals surface area (Å²) in [6, 6.07) is 1.66. The van der Waals surface area contributed by atoms with Crippen LogP contribution in [0.5, 0.6) is 0 Å². The van der Waals surface area contributed by atoms with Gasteiger partial charge in [-0.3, -0.25) is 4.84 Å². The Morgan fingerprint density at radius 3 is 3.10 bits per heavy atom. The molecule has 0 aliphatic carbocycles. The predicted molar refractivity (Wildman–Crippen MR) is 33.3 cm³/mol. The molecule has 10 heavy (non-hydrogen) atoms. The molecule has 5 heteroatoms. The van der Waals surface area contributed by atoms with Crippen LogP contribution in [-0.2, 0) is 0 Å². The fraction of sp³-hybridized carbons (Fsp3) is 0.200. The third kappa shape index (κ3) is 1.48. The van der Waals surface area contributed by atoms with E-state index in [0.29, 0.717) is 0 Å². The highest BCUT2D eigenvalue weighted by Gasteiger charge is 1.97. The van der Waals surface area contributed by atoms with E-state index in [9.17, 15) is 4.79 Å². The van der Waals surface area contributed by atoms with Gasteiger partial charge in [-0.15, -0.1) is 5.10 Å². The number of carbonyl (C=O) groups is 1. The molecule has 0 unspecified atom stereocenters. The Morgan fingerprint density at radius 2 is 2.60 bits per heavy atom. The minimum Gasteiger partial charge on any atom is -0.323 e. The van der Waals surface area contributed by atoms with Crippen molar-refractivity contribution < 1.29 is 9.63 Å². The second kappa shape index (κ2) is 2.86. The molecule has 0 spiro atoms. The number of hydrogen-bond acceptors (Lipinski definition) is 3. The molecular formula is C5H7N3O2. The van der Waals surface area contributed by atoms with E-state index in [4.69, 9.17) is 0 Å². The zero-order chi connectivity index (χ0) is 7.40. The van der Waals surface area contributed by atoms with Gasteiger partial charge in [-0.2, -0.15) is 0 Å². The molecular weight excluding hydrogens is 134 g/mol. The molecule has 0 aliphatic rings. The number of nitrogens with zero attached hydrogens (tertiary/aromatic N) is 2. The SMILES string of the molecule is CNC(=O)On1cccn1. The normalized spacial score (nSPS) is 8.90. The summed E-state index contributed by atoms with van der Waals surface area (Å²) in [6.45, 7) is 0. The third-order valence-electron chi connectivity index (χ3n) is 0.861. The van der Waals surface area contributed by atoms with Crippen molar-refractivity contribution in [1.82, 2.24) is 15.3 Å². The zero-order valence-corrected chi connectivity index (χ0v) is 5.44. The van der Waals surface area contributed by atoms with Gasteiger partial charge in [-0.25, -0.2) is 4.79 Å². The number of nitrogens with one attached hydrogen (secondary N) is 1. The van der Waals surface area contributed by atoms with Crippen molar-refractivity contribution in [2.75, 3.05) is 7.05 Å². The zero-order valence-electron chi connectivity index (χ0n) is 5.44. The second-order valence-electron chi connectivity index (χ2n) is 1.54. The van der Waals surface area contributed by atoms with Crippen molar-refractivity contribution in [3.63, 3.8) is 0 Å². The molecule has 0 fully saturated rings. The number of hydrogen-bond donors (Lipinski definition) is 1. The van der Waals surface area contributed by atoms with Crippen LogP contribution in [0.25, 0.3) is 0 Å². The first-order valence-electron chi connectivity index (χ1n) is 2.72. The molecule has 1 N–H and O–H groups in total. The van der Waals surface area contributed by atoms with Crippen LogP contribution >= 0.6 is 0 Å². The lowest BCUT2D eigenvalue weighted by Crippen LogP contribution is -2.29. The minimum absolute atomic E-state index is 0.538. The van der Waals surface area contributed by atoms with Crippen molar-refractivity contribution in [3.8, 4) is 0 Å². The van der Waals surface area contributed by atoms with Gasteiger partial charge in [0.05, 0.1) is 12.4 Å². The third-order valence-corrected chi connectivity index (χ3v) is 0.861. The highest BCUT2D eigenvalue weighted by molar-refractivity contribution is 5.66. The Hall–Kier alpha value is -1.52. The van der Waals surface area contributed by atoms with Crippen molar-refractivity contribution in [2.24, 2.45) is 0 Å². The van der Waals surface area contributed by atoms with E-state index >= 15 is 0 Å². The van der Waals surface area contributed by atoms with Crippen molar-refractivity contribution in [1.29, 1.82) is 0 Å². The summed E-state index contributed by atoms with van der Waals surface area (Å²) >= 11 is 0. The van der Waals surface area contributed by atoms with E-state index in [1.54, 1.807) is 6.07 Å². The standard InChI is InChI=1S/C5H7N3O2/c1-6-5(9)10-8-4-2-3-7-8/h2-4H,1H3,(H,6,9). The Balaban J connectivity index is 2.48. The summed E-state index contributed by atoms with van der Waals surface area (Å²) in [7, 11) is 1.48. The average Bonchev–Trinajstić information content (AvgIpc) is 2.40. The van der Waals surface area contributed by atoms with Crippen LogP contribution in [0, 0.1) is 0 Å². The Morgan fingerprint density at radius 1 is 1.80 bits per heavy atom. The van der Waals surface area contributed by atoms with Gasteiger partial charge >= 0.3 is 6.09 Å². The lowest BCUT2D eigenvalue weighted by atomic mass is 10.8. The molecule has 54 valence electrons. The quantitative estimate of drug-likeness (QED) is 0.581. The van der Waals surface area contributed by atoms with Gasteiger partial charge < -0.3 is 5.32 Å². The Labute approximate surface area is 57.5 Å². The van der Waals surface area contributed by atoms with E-state index in [1.807, 2.05) is 0 Å². The lowest BCUT2D eigenvalue weighted by Gasteiger charge is -1.98. The van der Waals surface area contributed by atoms with Crippen LogP contribution in [-0.4, -0.2) is 23.1 Å². The molecule has 1 aromatic heterocycles. The van der Waals surface area contributed by atoms with Crippen LogP contribution in [0.15, 0.2) is 18.5 Å². The number of amides is 1. The Kier molecular flexibility index (Phi) is 1.89. The summed E-state index contributed by atoms with van der Waals surface area (Å²) in [5.74, 6) is 0. The lowest BCUT2D eigenvalue weighted by molar-refractivity contribution is 0.118. The summed E-state index contributed by atoms with van der Waals surface area (Å²) in [6.07, 6.45) is 2.50. The van der Waals surface area contributed by atoms with Crippen molar-refractivity contribution in [2.45, 2.75) is 0 Å². The molecule has 0 bridgehead atoms. The molecule has 5 nitrogen and oxygen atoms in total. The number of carbonyl (C=O) groups excluding carboxylic acids is 1. The van der Waals surface area contributed by atoms with Crippen LogP contribution in [0.4, 0.5) is 4.79 Å². The van der Waals surface area contributed by atoms with Gasteiger partial charge in [0.2, 0.25) is 0 Å². The van der Waals surface area contributed by atoms with Crippen LogP contribution in [0.2, 0.25) is 0 Å². The smallest absolute Gasteiger partial charge is 0.323 e. The topological polar surface area (TPSA) is 56.1 Å². The summed E-state index contributed by atoms with van der Waals surface area (Å²) in [5, 5.41) is 5.92. The fourth-order valence-electron chi connectivity index (χ4n) is 0.439. The van der Waals surface area contributed by atoms with Gasteiger partial charge in [-0.1, -0.05) is 4.85 Å². The summed E-state index contributed by atoms with van der Waals surface area (Å²) < 4.78 is 0. The first kappa shape index (κ1) is 6.60. The largest absolute Gasteiger partial charge is 0.433 e. The van der Waals surface area contributed by atoms with Gasteiger partial charge in [0, 0.05) is 7.05 Å². The molecule has 0 saturated heterocycles. The number of rotatable bonds is 1. The first-order valence-corrected chi connectivity index (χ1v) is 2.72. The molecule has 1 heterocycles. The van der Waals surface area contributed by atoms with Gasteiger partial charge in [0.15, 0.2) is 0 Å². The molecule has 0 aromatic carbocycles. The number of aromatic nitrogens is 2. The van der Waals surface area contributed by atoms with Crippen molar-refractivity contribution in [3.05, 3.63) is 18.5 Å². The highest BCUT2D eigenvalue weighted by Crippen LogP contribution is 1.78. The van der Waals surface area contributed by atoms with Crippen LogP contribution in [0.1, 0.15) is 0 Å². The van der Waals surface area contributed by atoms with Crippen LogP contribution in [0.3, 0.4) is 0 Å². The maximum atomic E-state index is 10.5. The van der Waals surface area contributed by atoms with Gasteiger partial charge in [0.25, 0.3) is 0 Å². The van der Waals surface area contributed by atoms with E-state index in [2.05, 4.69) is 15.3 Å². The molecule has 0 saturated carbocycles. The van der Waals surface area contributed by atoms with E-state index < -0.39 is 6.09 Å². The van der Waals surface area contributed by atoms with E-state index in [0.717, 1.165) is 4.85 Å². The van der Waals surface area contributed by atoms with Gasteiger partial charge in [0.1, 0.15) is 0 Å². The highest BCUT2D eigenvalue weighted by atomic mass is 16.7. The average molecular weight is 141 g/mol. The first-order chi connectivity index (χ1) is 4.83. The van der Waals surface area contributed by atoms with Gasteiger partial charge in [-0.05, 0) is 6.07 Å². The van der Waals surface area contributed by atoms with Crippen molar-refractivity contribution >= 4 is 6.09 Å². The predicted octanol–water partition coefficient (Wildman–Crippen LogP) is -0.349. The molecule has 1 aromatic rings. The molecule has 0 atom stereocenters. The van der Waals surface area contributed by atoms with Crippen LogP contribution < -0.4 is 10.2 Å². The molecule has 0 radical (unpaired) electrons. The maximum absolute atomic E-state index is 10.5. The van der Waals surface area contributed by atoms with E-state index in [-0.39, 0.29) is 0 Å². The molecule has 1 amide bonds. The van der Waals surface area contributed by atoms with E-state index in [1.165, 1.54) is 19.4 Å². The maximum Gasteiger partial charge on any atom is 0.433 e. The molecule has 0 aliphatic heterocycles. The fourth-order valence-corrected chi connectivity index (χ4v) is 0.439. The monoisotopic (exact) mass is 141 g/mol. The minimum atomic E-state index is -0.538. The summed E-state index contributed by atoms with van der Waals surface area (Å²) in [4.78, 5) is 16.1. The summed E-state index contributed by atoms with van der Waals surface area (Å²) in [5.41, 5.74) is 0.